The standard InChI is InChI=1S/C29H31ClN4O5S/c1-20-17-28(25-18-22(30)7-12-27(25)32-20)31-14-16-34(40(37,38)24-10-8-23(39-2)9-11-24)15-13-29(36)33-26-6-4-3-5-21(26)19-35/h3-12,17-18,35H,13-16,19H2,1-2H3,(H,31,32)(H,33,36). The Labute approximate surface area is 238 Å². The first-order chi connectivity index (χ1) is 19.2. The van der Waals surface area contributed by atoms with Crippen LogP contribution in [0.2, 0.25) is 5.02 Å². The van der Waals surface area contributed by atoms with Gasteiger partial charge in [0.1, 0.15) is 5.75 Å². The highest BCUT2D eigenvalue weighted by atomic mass is 35.5. The lowest BCUT2D eigenvalue weighted by Crippen LogP contribution is -2.37. The Morgan fingerprint density at radius 2 is 1.77 bits per heavy atom. The number of ether oxygens (including phenoxy) is 1. The van der Waals surface area contributed by atoms with Gasteiger partial charge in [0, 0.05) is 59.1 Å². The Hall–Kier alpha value is -3.70. The number of nitrogens with zero attached hydrogens (tertiary/aromatic N) is 2. The molecule has 0 fully saturated rings. The van der Waals surface area contributed by atoms with Crippen molar-refractivity contribution in [3.8, 4) is 5.75 Å². The molecule has 0 bridgehead atoms. The highest BCUT2D eigenvalue weighted by Gasteiger charge is 2.25. The molecule has 0 atom stereocenters. The molecule has 1 aromatic heterocycles. The van der Waals surface area contributed by atoms with Gasteiger partial charge in [-0.3, -0.25) is 9.78 Å². The SMILES string of the molecule is COc1ccc(S(=O)(=O)N(CCNc2cc(C)nc3ccc(Cl)cc23)CCC(=O)Nc2ccccc2CO)cc1. The number of aryl methyl sites for hydroxylation is 1. The summed E-state index contributed by atoms with van der Waals surface area (Å²) in [6, 6.07) is 20.3. The second-order valence-corrected chi connectivity index (χ2v) is 11.5. The minimum atomic E-state index is -3.93. The van der Waals surface area contributed by atoms with Crippen LogP contribution in [0.4, 0.5) is 11.4 Å². The van der Waals surface area contributed by atoms with Gasteiger partial charge in [-0.1, -0.05) is 29.8 Å². The quantitative estimate of drug-likeness (QED) is 0.219. The van der Waals surface area contributed by atoms with E-state index in [0.29, 0.717) is 22.0 Å². The number of methoxy groups -OCH3 is 1. The number of fused-ring (bicyclic) bond motifs is 1. The number of benzene rings is 3. The Balaban J connectivity index is 1.52. The van der Waals surface area contributed by atoms with Crippen molar-refractivity contribution >= 4 is 49.8 Å². The zero-order chi connectivity index (χ0) is 28.7. The predicted molar refractivity (Wildman–Crippen MR) is 157 cm³/mol. The average molecular weight is 583 g/mol. The predicted octanol–water partition coefficient (Wildman–Crippen LogP) is 4.83. The maximum absolute atomic E-state index is 13.6. The van der Waals surface area contributed by atoms with Crippen LogP contribution in [0.25, 0.3) is 10.9 Å². The van der Waals surface area contributed by atoms with E-state index in [0.717, 1.165) is 22.3 Å². The molecule has 0 saturated heterocycles. The Morgan fingerprint density at radius 1 is 1.02 bits per heavy atom. The van der Waals surface area contributed by atoms with Crippen molar-refractivity contribution in [2.45, 2.75) is 24.8 Å². The van der Waals surface area contributed by atoms with Crippen LogP contribution in [0.15, 0.2) is 77.7 Å². The zero-order valence-corrected chi connectivity index (χ0v) is 23.8. The van der Waals surface area contributed by atoms with Crippen molar-refractivity contribution in [1.29, 1.82) is 0 Å². The first kappa shape index (κ1) is 29.3. The number of carbonyl (C=O) groups excluding carboxylic acids is 1. The van der Waals surface area contributed by atoms with Gasteiger partial charge >= 0.3 is 0 Å². The summed E-state index contributed by atoms with van der Waals surface area (Å²) in [7, 11) is -2.43. The summed E-state index contributed by atoms with van der Waals surface area (Å²) in [4.78, 5) is 17.4. The van der Waals surface area contributed by atoms with E-state index in [9.17, 15) is 18.3 Å². The molecule has 3 N–H and O–H groups in total. The zero-order valence-electron chi connectivity index (χ0n) is 22.2. The number of carbonyl (C=O) groups is 1. The smallest absolute Gasteiger partial charge is 0.243 e. The van der Waals surface area contributed by atoms with Gasteiger partial charge in [-0.15, -0.1) is 0 Å². The molecule has 40 heavy (non-hydrogen) atoms. The first-order valence-corrected chi connectivity index (χ1v) is 14.5. The van der Waals surface area contributed by atoms with E-state index in [-0.39, 0.29) is 43.5 Å². The van der Waals surface area contributed by atoms with Crippen molar-refractivity contribution in [3.05, 3.63) is 89.1 Å². The number of halogens is 1. The number of hydrogen-bond donors (Lipinski definition) is 3. The van der Waals surface area contributed by atoms with Crippen LogP contribution in [-0.2, 0) is 21.4 Å². The molecule has 0 aliphatic heterocycles. The van der Waals surface area contributed by atoms with Gasteiger partial charge in [0.05, 0.1) is 24.1 Å². The molecular formula is C29H31ClN4O5S. The number of aromatic nitrogens is 1. The van der Waals surface area contributed by atoms with E-state index >= 15 is 0 Å². The fraction of sp³-hybridized carbons (Fsp3) is 0.241. The van der Waals surface area contributed by atoms with Gasteiger partial charge in [0.15, 0.2) is 0 Å². The molecule has 0 saturated carbocycles. The van der Waals surface area contributed by atoms with Crippen LogP contribution in [0, 0.1) is 6.92 Å². The molecule has 11 heteroatoms. The lowest BCUT2D eigenvalue weighted by atomic mass is 10.1. The molecule has 0 aliphatic carbocycles. The largest absolute Gasteiger partial charge is 0.497 e. The number of aliphatic hydroxyl groups excluding tert-OH is 1. The molecule has 9 nitrogen and oxygen atoms in total. The van der Waals surface area contributed by atoms with E-state index in [1.54, 1.807) is 42.5 Å². The van der Waals surface area contributed by atoms with E-state index in [1.165, 1.54) is 23.5 Å². The van der Waals surface area contributed by atoms with Crippen molar-refractivity contribution < 1.29 is 23.1 Å². The topological polar surface area (TPSA) is 121 Å². The number of nitrogens with one attached hydrogen (secondary N) is 2. The number of hydrogen-bond acceptors (Lipinski definition) is 7. The molecule has 3 aromatic carbocycles. The number of sulfonamides is 1. The Bertz CT molecular complexity index is 1600. The van der Waals surface area contributed by atoms with Crippen LogP contribution in [0.3, 0.4) is 0 Å². The molecule has 0 spiro atoms. The lowest BCUT2D eigenvalue weighted by molar-refractivity contribution is -0.116. The van der Waals surface area contributed by atoms with Gasteiger partial charge in [-0.25, -0.2) is 8.42 Å². The highest BCUT2D eigenvalue weighted by molar-refractivity contribution is 7.89. The Morgan fingerprint density at radius 3 is 2.50 bits per heavy atom. The number of pyridine rings is 1. The number of para-hydroxylation sites is 1. The molecule has 210 valence electrons. The third kappa shape index (κ3) is 7.08. The van der Waals surface area contributed by atoms with E-state index in [1.807, 2.05) is 25.1 Å². The lowest BCUT2D eigenvalue weighted by Gasteiger charge is -2.23. The number of rotatable bonds is 12. The van der Waals surface area contributed by atoms with Crippen molar-refractivity contribution in [3.63, 3.8) is 0 Å². The highest BCUT2D eigenvalue weighted by Crippen LogP contribution is 2.26. The van der Waals surface area contributed by atoms with Crippen LogP contribution < -0.4 is 15.4 Å². The fourth-order valence-electron chi connectivity index (χ4n) is 4.26. The molecule has 4 rings (SSSR count). The minimum absolute atomic E-state index is 0.0505. The molecule has 0 radical (unpaired) electrons. The molecular weight excluding hydrogens is 552 g/mol. The number of anilines is 2. The summed E-state index contributed by atoms with van der Waals surface area (Å²) < 4.78 is 33.7. The molecule has 0 aliphatic rings. The van der Waals surface area contributed by atoms with Crippen LogP contribution in [0.1, 0.15) is 17.7 Å². The van der Waals surface area contributed by atoms with Crippen molar-refractivity contribution in [2.24, 2.45) is 0 Å². The summed E-state index contributed by atoms with van der Waals surface area (Å²) in [5.41, 5.74) is 3.42. The van der Waals surface area contributed by atoms with Crippen molar-refractivity contribution in [2.75, 3.05) is 37.4 Å². The Kier molecular flexibility index (Phi) is 9.59. The van der Waals surface area contributed by atoms with Gasteiger partial charge in [0.2, 0.25) is 15.9 Å². The van der Waals surface area contributed by atoms with E-state index in [2.05, 4.69) is 15.6 Å². The molecule has 0 unspecified atom stereocenters. The maximum atomic E-state index is 13.6. The third-order valence-electron chi connectivity index (χ3n) is 6.32. The minimum Gasteiger partial charge on any atom is -0.497 e. The second-order valence-electron chi connectivity index (χ2n) is 9.09. The summed E-state index contributed by atoms with van der Waals surface area (Å²) in [5.74, 6) is 0.168. The van der Waals surface area contributed by atoms with Gasteiger partial charge < -0.3 is 20.5 Å². The summed E-state index contributed by atoms with van der Waals surface area (Å²) >= 11 is 6.21. The molecule has 1 amide bonds. The number of amides is 1. The monoisotopic (exact) mass is 582 g/mol. The first-order valence-electron chi connectivity index (χ1n) is 12.6. The summed E-state index contributed by atoms with van der Waals surface area (Å²) in [5, 5.41) is 17.0. The molecule has 4 aromatic rings. The van der Waals surface area contributed by atoms with Crippen LogP contribution in [-0.4, -0.2) is 55.5 Å². The maximum Gasteiger partial charge on any atom is 0.243 e. The van der Waals surface area contributed by atoms with E-state index in [4.69, 9.17) is 16.3 Å². The summed E-state index contributed by atoms with van der Waals surface area (Å²) in [6.45, 7) is 1.97. The number of aliphatic hydroxyl groups is 1. The van der Waals surface area contributed by atoms with Gasteiger partial charge in [-0.05, 0) is 61.5 Å². The fourth-order valence-corrected chi connectivity index (χ4v) is 5.87. The van der Waals surface area contributed by atoms with Crippen LogP contribution >= 0.6 is 11.6 Å². The van der Waals surface area contributed by atoms with Crippen LogP contribution in [0.5, 0.6) is 5.75 Å². The average Bonchev–Trinajstić information content (AvgIpc) is 2.95. The normalized spacial score (nSPS) is 11.5. The summed E-state index contributed by atoms with van der Waals surface area (Å²) in [6.07, 6.45) is -0.0813. The third-order valence-corrected chi connectivity index (χ3v) is 8.47. The van der Waals surface area contributed by atoms with E-state index < -0.39 is 10.0 Å². The molecule has 1 heterocycles. The second kappa shape index (κ2) is 13.1. The van der Waals surface area contributed by atoms with Gasteiger partial charge in [-0.2, -0.15) is 4.31 Å². The van der Waals surface area contributed by atoms with Gasteiger partial charge in [0.25, 0.3) is 0 Å². The van der Waals surface area contributed by atoms with Crippen molar-refractivity contribution in [1.82, 2.24) is 9.29 Å².